The van der Waals surface area contributed by atoms with Crippen LogP contribution in [0, 0.1) is 0 Å². The minimum atomic E-state index is -0.122. The highest BCUT2D eigenvalue weighted by molar-refractivity contribution is 7.98. The topological polar surface area (TPSA) is 45.2 Å². The number of rotatable bonds is 6. The Labute approximate surface area is 142 Å². The van der Waals surface area contributed by atoms with E-state index in [0.717, 1.165) is 17.3 Å². The van der Waals surface area contributed by atoms with E-state index in [-0.39, 0.29) is 5.91 Å². The molecule has 1 amide bonds. The van der Waals surface area contributed by atoms with E-state index in [1.165, 1.54) is 0 Å². The van der Waals surface area contributed by atoms with Gasteiger partial charge in [-0.3, -0.25) is 4.79 Å². The Hall–Kier alpha value is -2.01. The summed E-state index contributed by atoms with van der Waals surface area (Å²) >= 11 is 1.57. The zero-order valence-corrected chi connectivity index (χ0v) is 14.9. The van der Waals surface area contributed by atoms with E-state index < -0.39 is 0 Å². The van der Waals surface area contributed by atoms with Crippen molar-refractivity contribution in [3.05, 3.63) is 48.2 Å². The quantitative estimate of drug-likeness (QED) is 0.803. The highest BCUT2D eigenvalue weighted by atomic mass is 32.2. The molecule has 0 saturated carbocycles. The first-order chi connectivity index (χ1) is 11.0. The van der Waals surface area contributed by atoms with Crippen LogP contribution >= 0.6 is 11.8 Å². The van der Waals surface area contributed by atoms with Crippen LogP contribution in [0.1, 0.15) is 31.1 Å². The Morgan fingerprint density at radius 3 is 2.39 bits per heavy atom. The molecule has 0 saturated heterocycles. The molecule has 1 aromatic carbocycles. The average molecular weight is 329 g/mol. The second-order valence-electron chi connectivity index (χ2n) is 5.47. The first-order valence-electron chi connectivity index (χ1n) is 7.73. The molecule has 1 heterocycles. The van der Waals surface area contributed by atoms with Gasteiger partial charge in [0.05, 0.1) is 16.9 Å². The van der Waals surface area contributed by atoms with E-state index in [2.05, 4.69) is 36.0 Å². The first-order valence-corrected chi connectivity index (χ1v) is 8.95. The van der Waals surface area contributed by atoms with Gasteiger partial charge in [-0.2, -0.15) is 0 Å². The van der Waals surface area contributed by atoms with Crippen LogP contribution in [0.15, 0.2) is 47.6 Å². The number of amides is 1. The lowest BCUT2D eigenvalue weighted by Crippen LogP contribution is -2.30. The molecule has 1 N–H and O–H groups in total. The standard InChI is InChI=1S/C18H23N3OS/c1-5-21(13(2)3)16-9-6-14(7-10-16)18(22)20-15-8-11-17(23-4)19-12-15/h6-13H,5H2,1-4H3,(H,20,22). The van der Waals surface area contributed by atoms with Gasteiger partial charge in [-0.1, -0.05) is 0 Å². The molecule has 0 spiro atoms. The highest BCUT2D eigenvalue weighted by Crippen LogP contribution is 2.19. The predicted octanol–water partition coefficient (Wildman–Crippen LogP) is 4.29. The van der Waals surface area contributed by atoms with Crippen LogP contribution in [0.5, 0.6) is 0 Å². The van der Waals surface area contributed by atoms with Crippen LogP contribution in [0.3, 0.4) is 0 Å². The summed E-state index contributed by atoms with van der Waals surface area (Å²) in [5, 5.41) is 3.80. The number of aromatic nitrogens is 1. The normalized spacial score (nSPS) is 10.7. The van der Waals surface area contributed by atoms with Crippen LogP contribution in [0.25, 0.3) is 0 Å². The second kappa shape index (κ2) is 8.02. The van der Waals surface area contributed by atoms with Gasteiger partial charge in [0.1, 0.15) is 0 Å². The number of nitrogens with zero attached hydrogens (tertiary/aromatic N) is 2. The molecular weight excluding hydrogens is 306 g/mol. The lowest BCUT2D eigenvalue weighted by molar-refractivity contribution is 0.102. The molecule has 122 valence electrons. The number of thioether (sulfide) groups is 1. The lowest BCUT2D eigenvalue weighted by atomic mass is 10.1. The van der Waals surface area contributed by atoms with Gasteiger partial charge in [-0.15, -0.1) is 11.8 Å². The molecule has 0 bridgehead atoms. The number of hydrogen-bond donors (Lipinski definition) is 1. The van der Waals surface area contributed by atoms with Crippen molar-refractivity contribution in [1.29, 1.82) is 0 Å². The van der Waals surface area contributed by atoms with E-state index in [4.69, 9.17) is 0 Å². The van der Waals surface area contributed by atoms with Crippen LogP contribution in [0.4, 0.5) is 11.4 Å². The number of carbonyl (C=O) groups excluding carboxylic acids is 1. The smallest absolute Gasteiger partial charge is 0.255 e. The lowest BCUT2D eigenvalue weighted by Gasteiger charge is -2.27. The van der Waals surface area contributed by atoms with Crippen molar-refractivity contribution in [2.75, 3.05) is 23.0 Å². The minimum Gasteiger partial charge on any atom is -0.369 e. The van der Waals surface area contributed by atoms with Gasteiger partial charge in [0.15, 0.2) is 0 Å². The van der Waals surface area contributed by atoms with Crippen molar-refractivity contribution in [2.24, 2.45) is 0 Å². The maximum Gasteiger partial charge on any atom is 0.255 e. The van der Waals surface area contributed by atoms with Crippen molar-refractivity contribution in [2.45, 2.75) is 31.8 Å². The second-order valence-corrected chi connectivity index (χ2v) is 6.30. The minimum absolute atomic E-state index is 0.122. The molecule has 0 atom stereocenters. The van der Waals surface area contributed by atoms with Crippen molar-refractivity contribution >= 4 is 29.0 Å². The van der Waals surface area contributed by atoms with Gasteiger partial charge in [0.2, 0.25) is 0 Å². The summed E-state index contributed by atoms with van der Waals surface area (Å²) in [6.07, 6.45) is 3.65. The van der Waals surface area contributed by atoms with Crippen molar-refractivity contribution in [3.63, 3.8) is 0 Å². The molecule has 0 fully saturated rings. The fraction of sp³-hybridized carbons (Fsp3) is 0.333. The Morgan fingerprint density at radius 2 is 1.91 bits per heavy atom. The van der Waals surface area contributed by atoms with Gasteiger partial charge in [-0.05, 0) is 63.4 Å². The summed E-state index contributed by atoms with van der Waals surface area (Å²) in [6, 6.07) is 11.9. The highest BCUT2D eigenvalue weighted by Gasteiger charge is 2.10. The third-order valence-corrected chi connectivity index (χ3v) is 4.29. The Bertz CT molecular complexity index is 638. The number of benzene rings is 1. The van der Waals surface area contributed by atoms with Crippen molar-refractivity contribution in [3.8, 4) is 0 Å². The summed E-state index contributed by atoms with van der Waals surface area (Å²) < 4.78 is 0. The average Bonchev–Trinajstić information content (AvgIpc) is 2.56. The van der Waals surface area contributed by atoms with E-state index in [0.29, 0.717) is 17.3 Å². The molecule has 0 unspecified atom stereocenters. The molecule has 2 rings (SSSR count). The summed E-state index contributed by atoms with van der Waals surface area (Å²) in [7, 11) is 0. The molecule has 0 radical (unpaired) electrons. The fourth-order valence-electron chi connectivity index (χ4n) is 2.43. The monoisotopic (exact) mass is 329 g/mol. The summed E-state index contributed by atoms with van der Waals surface area (Å²) in [4.78, 5) is 18.8. The zero-order chi connectivity index (χ0) is 16.8. The van der Waals surface area contributed by atoms with E-state index in [9.17, 15) is 4.79 Å². The molecule has 0 aliphatic heterocycles. The predicted molar refractivity (Wildman–Crippen MR) is 98.6 cm³/mol. The molecule has 0 aliphatic carbocycles. The van der Waals surface area contributed by atoms with E-state index in [1.807, 2.05) is 42.7 Å². The zero-order valence-electron chi connectivity index (χ0n) is 14.0. The van der Waals surface area contributed by atoms with Gasteiger partial charge < -0.3 is 10.2 Å². The van der Waals surface area contributed by atoms with Crippen LogP contribution in [-0.4, -0.2) is 29.7 Å². The van der Waals surface area contributed by atoms with E-state index >= 15 is 0 Å². The number of anilines is 2. The maximum absolute atomic E-state index is 12.3. The van der Waals surface area contributed by atoms with Gasteiger partial charge in [0, 0.05) is 23.8 Å². The molecule has 2 aromatic rings. The summed E-state index contributed by atoms with van der Waals surface area (Å²) in [6.45, 7) is 7.40. The maximum atomic E-state index is 12.3. The third kappa shape index (κ3) is 4.48. The number of nitrogens with one attached hydrogen (secondary N) is 1. The van der Waals surface area contributed by atoms with Crippen LogP contribution in [-0.2, 0) is 0 Å². The summed E-state index contributed by atoms with van der Waals surface area (Å²) in [5.74, 6) is -0.122. The van der Waals surface area contributed by atoms with Crippen molar-refractivity contribution < 1.29 is 4.79 Å². The number of carbonyl (C=O) groups is 1. The van der Waals surface area contributed by atoms with Gasteiger partial charge in [0.25, 0.3) is 5.91 Å². The largest absolute Gasteiger partial charge is 0.369 e. The summed E-state index contributed by atoms with van der Waals surface area (Å²) in [5.41, 5.74) is 2.47. The Kier molecular flexibility index (Phi) is 6.04. The Morgan fingerprint density at radius 1 is 1.22 bits per heavy atom. The SMILES string of the molecule is CCN(c1ccc(C(=O)Nc2ccc(SC)nc2)cc1)C(C)C. The van der Waals surface area contributed by atoms with Gasteiger partial charge in [-0.25, -0.2) is 4.98 Å². The molecule has 0 aliphatic rings. The van der Waals surface area contributed by atoms with E-state index in [1.54, 1.807) is 18.0 Å². The fourth-order valence-corrected chi connectivity index (χ4v) is 2.79. The van der Waals surface area contributed by atoms with Crippen molar-refractivity contribution in [1.82, 2.24) is 4.98 Å². The Balaban J connectivity index is 2.07. The molecule has 5 heteroatoms. The molecule has 1 aromatic heterocycles. The molecule has 4 nitrogen and oxygen atoms in total. The number of hydrogen-bond acceptors (Lipinski definition) is 4. The molecular formula is C18H23N3OS. The first kappa shape index (κ1) is 17.3. The van der Waals surface area contributed by atoms with Crippen LogP contribution in [0.2, 0.25) is 0 Å². The number of pyridine rings is 1. The van der Waals surface area contributed by atoms with Gasteiger partial charge >= 0.3 is 0 Å². The molecule has 23 heavy (non-hydrogen) atoms. The van der Waals surface area contributed by atoms with Crippen LogP contribution < -0.4 is 10.2 Å². The third-order valence-electron chi connectivity index (χ3n) is 3.63.